The smallest absolute Gasteiger partial charge is 0.213 e. The summed E-state index contributed by atoms with van der Waals surface area (Å²) < 4.78 is 16.6. The van der Waals surface area contributed by atoms with Crippen LogP contribution in [0.2, 0.25) is 0 Å². The van der Waals surface area contributed by atoms with Gasteiger partial charge in [0.2, 0.25) is 5.88 Å². The molecule has 0 radical (unpaired) electrons. The standard InChI is InChI=1S/C21H30N4O3.HI/c1-21(2,26-4)16-25-20(22-3)24-15-17-10-11-19(23-14-17)28-13-12-27-18-8-6-5-7-9-18;/h5-11,14H,12-13,15-16H2,1-4H3,(H2,22,24,25);1H. The SMILES string of the molecule is CN=C(NCc1ccc(OCCOc2ccccc2)nc1)NCC(C)(C)OC.I. The number of benzene rings is 1. The van der Waals surface area contributed by atoms with E-state index in [1.54, 1.807) is 20.4 Å². The Bertz CT molecular complexity index is 724. The zero-order valence-electron chi connectivity index (χ0n) is 17.5. The van der Waals surface area contributed by atoms with Gasteiger partial charge in [0.1, 0.15) is 19.0 Å². The number of ether oxygens (including phenoxy) is 3. The first-order valence-corrected chi connectivity index (χ1v) is 9.27. The lowest BCUT2D eigenvalue weighted by molar-refractivity contribution is 0.0268. The minimum atomic E-state index is -0.262. The molecular formula is C21H31IN4O3. The van der Waals surface area contributed by atoms with Crippen LogP contribution in [0.15, 0.2) is 53.7 Å². The maximum absolute atomic E-state index is 5.61. The molecule has 29 heavy (non-hydrogen) atoms. The summed E-state index contributed by atoms with van der Waals surface area (Å²) >= 11 is 0. The van der Waals surface area contributed by atoms with Gasteiger partial charge in [-0.25, -0.2) is 4.98 Å². The number of hydrogen-bond donors (Lipinski definition) is 2. The Hall–Kier alpha value is -2.07. The summed E-state index contributed by atoms with van der Waals surface area (Å²) in [6, 6.07) is 13.5. The second-order valence-electron chi connectivity index (χ2n) is 6.76. The van der Waals surface area contributed by atoms with Gasteiger partial charge in [-0.2, -0.15) is 0 Å². The average Bonchev–Trinajstić information content (AvgIpc) is 2.73. The fourth-order valence-corrected chi connectivity index (χ4v) is 2.20. The molecular weight excluding hydrogens is 483 g/mol. The maximum atomic E-state index is 5.61. The van der Waals surface area contributed by atoms with Gasteiger partial charge in [0, 0.05) is 39.5 Å². The predicted octanol–water partition coefficient (Wildman–Crippen LogP) is 3.25. The minimum Gasteiger partial charge on any atom is -0.490 e. The summed E-state index contributed by atoms with van der Waals surface area (Å²) in [5.41, 5.74) is 0.768. The first-order chi connectivity index (χ1) is 13.5. The third kappa shape index (κ3) is 9.80. The van der Waals surface area contributed by atoms with Crippen LogP contribution in [0.3, 0.4) is 0 Å². The number of pyridine rings is 1. The molecule has 1 aromatic carbocycles. The van der Waals surface area contributed by atoms with E-state index in [0.29, 0.717) is 38.1 Å². The van der Waals surface area contributed by atoms with E-state index in [1.807, 2.05) is 56.3 Å². The van der Waals surface area contributed by atoms with Crippen molar-refractivity contribution < 1.29 is 14.2 Å². The number of nitrogens with zero attached hydrogens (tertiary/aromatic N) is 2. The van der Waals surface area contributed by atoms with E-state index in [-0.39, 0.29) is 29.6 Å². The van der Waals surface area contributed by atoms with E-state index in [0.717, 1.165) is 11.3 Å². The molecule has 2 aromatic rings. The minimum absolute atomic E-state index is 0. The van der Waals surface area contributed by atoms with Gasteiger partial charge in [0.05, 0.1) is 5.60 Å². The second kappa shape index (κ2) is 13.2. The fraction of sp³-hybridized carbons (Fsp3) is 0.429. The van der Waals surface area contributed by atoms with Crippen LogP contribution in [0.25, 0.3) is 0 Å². The molecule has 0 atom stereocenters. The predicted molar refractivity (Wildman–Crippen MR) is 126 cm³/mol. The molecule has 0 spiro atoms. The second-order valence-corrected chi connectivity index (χ2v) is 6.76. The zero-order valence-corrected chi connectivity index (χ0v) is 19.8. The molecule has 0 bridgehead atoms. The summed E-state index contributed by atoms with van der Waals surface area (Å²) in [7, 11) is 3.43. The molecule has 8 heteroatoms. The van der Waals surface area contributed by atoms with Gasteiger partial charge in [-0.05, 0) is 31.5 Å². The van der Waals surface area contributed by atoms with Crippen LogP contribution >= 0.6 is 24.0 Å². The van der Waals surface area contributed by atoms with Crippen molar-refractivity contribution >= 4 is 29.9 Å². The van der Waals surface area contributed by atoms with Gasteiger partial charge in [0.25, 0.3) is 0 Å². The van der Waals surface area contributed by atoms with Gasteiger partial charge in [0.15, 0.2) is 5.96 Å². The first-order valence-electron chi connectivity index (χ1n) is 9.27. The summed E-state index contributed by atoms with van der Waals surface area (Å²) in [6.07, 6.45) is 1.78. The molecule has 1 heterocycles. The zero-order chi connectivity index (χ0) is 20.2. The Balaban J connectivity index is 0.00000420. The van der Waals surface area contributed by atoms with Gasteiger partial charge in [-0.15, -0.1) is 24.0 Å². The van der Waals surface area contributed by atoms with Crippen molar-refractivity contribution in [2.45, 2.75) is 26.0 Å². The molecule has 0 aliphatic rings. The molecule has 1 aromatic heterocycles. The third-order valence-electron chi connectivity index (χ3n) is 4.06. The summed E-state index contributed by atoms with van der Waals surface area (Å²) in [5.74, 6) is 2.12. The summed E-state index contributed by atoms with van der Waals surface area (Å²) in [6.45, 7) is 6.19. The van der Waals surface area contributed by atoms with Gasteiger partial charge in [-0.1, -0.05) is 24.3 Å². The molecule has 0 aliphatic heterocycles. The number of halogens is 1. The number of rotatable bonds is 10. The van der Waals surface area contributed by atoms with Crippen LogP contribution in [-0.4, -0.2) is 50.5 Å². The van der Waals surface area contributed by atoms with Gasteiger partial charge in [-0.3, -0.25) is 4.99 Å². The molecule has 160 valence electrons. The lowest BCUT2D eigenvalue weighted by Gasteiger charge is -2.24. The maximum Gasteiger partial charge on any atom is 0.213 e. The number of aliphatic imine (C=N–C) groups is 1. The van der Waals surface area contributed by atoms with Crippen LogP contribution in [-0.2, 0) is 11.3 Å². The van der Waals surface area contributed by atoms with Crippen molar-refractivity contribution in [1.29, 1.82) is 0 Å². The highest BCUT2D eigenvalue weighted by Gasteiger charge is 2.16. The van der Waals surface area contributed by atoms with Crippen LogP contribution in [0.1, 0.15) is 19.4 Å². The first kappa shape index (κ1) is 25.0. The van der Waals surface area contributed by atoms with Crippen LogP contribution in [0, 0.1) is 0 Å². The highest BCUT2D eigenvalue weighted by Crippen LogP contribution is 2.10. The fourth-order valence-electron chi connectivity index (χ4n) is 2.20. The van der Waals surface area contributed by atoms with Crippen LogP contribution in [0.5, 0.6) is 11.6 Å². The van der Waals surface area contributed by atoms with Crippen LogP contribution < -0.4 is 20.1 Å². The van der Waals surface area contributed by atoms with Gasteiger partial charge >= 0.3 is 0 Å². The lowest BCUT2D eigenvalue weighted by atomic mass is 10.1. The highest BCUT2D eigenvalue weighted by atomic mass is 127. The lowest BCUT2D eigenvalue weighted by Crippen LogP contribution is -2.45. The largest absolute Gasteiger partial charge is 0.490 e. The number of nitrogens with one attached hydrogen (secondary N) is 2. The quantitative estimate of drug-likeness (QED) is 0.220. The molecule has 0 aliphatic carbocycles. The number of methoxy groups -OCH3 is 1. The van der Waals surface area contributed by atoms with Crippen molar-refractivity contribution in [1.82, 2.24) is 15.6 Å². The molecule has 0 fully saturated rings. The Morgan fingerprint density at radius 2 is 1.76 bits per heavy atom. The molecule has 0 unspecified atom stereocenters. The number of para-hydroxylation sites is 1. The highest BCUT2D eigenvalue weighted by molar-refractivity contribution is 14.0. The third-order valence-corrected chi connectivity index (χ3v) is 4.06. The summed E-state index contributed by atoms with van der Waals surface area (Å²) in [4.78, 5) is 8.54. The average molecular weight is 514 g/mol. The van der Waals surface area contributed by atoms with Crippen molar-refractivity contribution in [2.24, 2.45) is 4.99 Å². The molecule has 0 amide bonds. The van der Waals surface area contributed by atoms with E-state index in [9.17, 15) is 0 Å². The van der Waals surface area contributed by atoms with Crippen molar-refractivity contribution in [3.63, 3.8) is 0 Å². The van der Waals surface area contributed by atoms with E-state index >= 15 is 0 Å². The van der Waals surface area contributed by atoms with Crippen molar-refractivity contribution in [3.8, 4) is 11.6 Å². The van der Waals surface area contributed by atoms with E-state index < -0.39 is 0 Å². The molecule has 2 N–H and O–H groups in total. The molecule has 0 saturated heterocycles. The van der Waals surface area contributed by atoms with E-state index in [4.69, 9.17) is 14.2 Å². The Labute approximate surface area is 190 Å². The van der Waals surface area contributed by atoms with Gasteiger partial charge < -0.3 is 24.8 Å². The van der Waals surface area contributed by atoms with Crippen molar-refractivity contribution in [3.05, 3.63) is 54.2 Å². The number of hydrogen-bond acceptors (Lipinski definition) is 5. The van der Waals surface area contributed by atoms with Crippen molar-refractivity contribution in [2.75, 3.05) is 33.9 Å². The Morgan fingerprint density at radius 1 is 1.03 bits per heavy atom. The number of aromatic nitrogens is 1. The number of guanidine groups is 1. The summed E-state index contributed by atoms with van der Waals surface area (Å²) in [5, 5.41) is 6.50. The van der Waals surface area contributed by atoms with Crippen LogP contribution in [0.4, 0.5) is 0 Å². The normalized spacial score (nSPS) is 11.4. The topological polar surface area (TPSA) is 77.0 Å². The monoisotopic (exact) mass is 514 g/mol. The molecule has 0 saturated carbocycles. The van der Waals surface area contributed by atoms with E-state index in [2.05, 4.69) is 20.6 Å². The Kier molecular flexibility index (Phi) is 11.4. The molecule has 2 rings (SSSR count). The molecule has 7 nitrogen and oxygen atoms in total. The van der Waals surface area contributed by atoms with E-state index in [1.165, 1.54) is 0 Å². The Morgan fingerprint density at radius 3 is 2.38 bits per heavy atom.